The number of likely N-dealkylation sites (tertiary alicyclic amines) is 1. The number of hydrogen-bond acceptors (Lipinski definition) is 15. The van der Waals surface area contributed by atoms with Crippen LogP contribution in [-0.2, 0) is 59.2 Å². The number of hydrogen-bond donors (Lipinski definition) is 13. The smallest absolute Gasteiger partial charge is 0.246 e. The second kappa shape index (κ2) is 29.9. The number of aromatic hydroxyl groups is 1. The predicted molar refractivity (Wildman–Crippen MR) is 267 cm³/mol. The van der Waals surface area contributed by atoms with E-state index in [1.165, 1.54) is 48.2 Å². The van der Waals surface area contributed by atoms with Crippen LogP contribution in [0.4, 0.5) is 0 Å². The van der Waals surface area contributed by atoms with Gasteiger partial charge in [0, 0.05) is 45.0 Å². The Morgan fingerprint density at radius 3 is 1.86 bits per heavy atom. The fourth-order valence-electron chi connectivity index (χ4n) is 7.33. The van der Waals surface area contributed by atoms with Crippen LogP contribution >= 0.6 is 25.3 Å². The van der Waals surface area contributed by atoms with Crippen LogP contribution in [0.3, 0.4) is 0 Å². The molecule has 24 nitrogen and oxygen atoms in total. The summed E-state index contributed by atoms with van der Waals surface area (Å²) in [5, 5.41) is 27.5. The molecule has 26 heteroatoms. The predicted octanol–water partition coefficient (Wildman–Crippen LogP) is -3.54. The average molecular weight is 1040 g/mol. The van der Waals surface area contributed by atoms with Crippen molar-refractivity contribution in [3.63, 3.8) is 0 Å². The van der Waals surface area contributed by atoms with Gasteiger partial charge in [-0.25, -0.2) is 0 Å². The number of rotatable bonds is 29. The first-order valence-corrected chi connectivity index (χ1v) is 24.5. The summed E-state index contributed by atoms with van der Waals surface area (Å²) in [5.41, 5.74) is 17.1. The lowest BCUT2D eigenvalue weighted by Crippen LogP contribution is -2.61. The maximum absolute atomic E-state index is 14.2. The van der Waals surface area contributed by atoms with Crippen LogP contribution in [0.25, 0.3) is 0 Å². The molecule has 1 aromatic carbocycles. The van der Waals surface area contributed by atoms with Crippen molar-refractivity contribution >= 4 is 90.2 Å². The van der Waals surface area contributed by atoms with Crippen molar-refractivity contribution < 1.29 is 57.8 Å². The summed E-state index contributed by atoms with van der Waals surface area (Å²) in [6, 6.07) is -4.71. The fourth-order valence-corrected chi connectivity index (χ4v) is 7.74. The molecule has 11 amide bonds. The van der Waals surface area contributed by atoms with Crippen molar-refractivity contribution in [1.82, 2.24) is 47.0 Å². The standard InChI is InChI=1S/C45H72N12O12S2/c1-7-24(4)37(55-42(66)30(51-38(62)27(46)21-70)18-25-10-12-26(58)13-11-25)44(68)50-28(14-15-36(61)56(5)6)40(64)52-31(19-34(47)59)41(65)54-32(22-71)45(69)57-16-8-9-33(57)43(67)53-29(17-23(2)3)39(63)49-20-35(48)60/h10-13,23-24,27-33,37,58,70-71H,7-9,14-22,46H2,1-6H3,(H2,47,59)(H2,48,60)(H,49,63)(H,50,68)(H,51,62)(H,52,64)(H,53,67)(H,54,65)(H,55,66)/t24-,27-,28-,29-,30-,31-,32-,33+,37-/m0/s1. The van der Waals surface area contributed by atoms with E-state index in [2.05, 4.69) is 62.5 Å². The van der Waals surface area contributed by atoms with Gasteiger partial charge in [-0.1, -0.05) is 46.2 Å². The van der Waals surface area contributed by atoms with E-state index in [9.17, 15) is 57.8 Å². The highest BCUT2D eigenvalue weighted by atomic mass is 32.1. The molecule has 1 aromatic rings. The SMILES string of the molecule is CC[C@H](C)[C@H](NC(=O)[C@H](Cc1ccc(O)cc1)NC(=O)[C@@H](N)CS)C(=O)N[C@@H](CCC(=O)N(C)C)C(=O)N[C@@H](CC(N)=O)C(=O)N[C@@H](CS)C(=O)N1CCC[C@@H]1C(=O)N[C@@H](CC(C)C)C(=O)NCC(N)=O. The number of carbonyl (C=O) groups excluding carboxylic acids is 11. The summed E-state index contributed by atoms with van der Waals surface area (Å²) in [7, 11) is 2.95. The van der Waals surface area contributed by atoms with Gasteiger partial charge in [0.25, 0.3) is 0 Å². The molecule has 2 rings (SSSR count). The molecule has 0 unspecified atom stereocenters. The first-order chi connectivity index (χ1) is 33.3. The molecular weight excluding hydrogens is 965 g/mol. The number of nitrogens with two attached hydrogens (primary N) is 3. The minimum atomic E-state index is -1.74. The number of nitrogens with zero attached hydrogens (tertiary/aromatic N) is 2. The Morgan fingerprint density at radius 2 is 1.31 bits per heavy atom. The monoisotopic (exact) mass is 1040 g/mol. The molecule has 1 saturated heterocycles. The Hall–Kier alpha value is -6.15. The van der Waals surface area contributed by atoms with E-state index in [0.717, 1.165) is 0 Å². The van der Waals surface area contributed by atoms with Gasteiger partial charge in [0.15, 0.2) is 0 Å². The summed E-state index contributed by atoms with van der Waals surface area (Å²) in [4.78, 5) is 148. The molecule has 1 fully saturated rings. The molecule has 1 aliphatic rings. The van der Waals surface area contributed by atoms with Crippen molar-refractivity contribution in [2.24, 2.45) is 29.0 Å². The molecular formula is C45H72N12O12S2. The second-order valence-corrected chi connectivity index (χ2v) is 18.8. The van der Waals surface area contributed by atoms with Crippen molar-refractivity contribution in [2.75, 3.05) is 38.7 Å². The van der Waals surface area contributed by atoms with Crippen LogP contribution in [-0.4, -0.2) is 167 Å². The molecule has 0 bridgehead atoms. The normalized spacial score (nSPS) is 16.6. The zero-order valence-corrected chi connectivity index (χ0v) is 42.8. The van der Waals surface area contributed by atoms with E-state index in [0.29, 0.717) is 18.4 Å². The van der Waals surface area contributed by atoms with Gasteiger partial charge < -0.3 is 69.3 Å². The molecule has 14 N–H and O–H groups in total. The van der Waals surface area contributed by atoms with E-state index in [-0.39, 0.29) is 61.8 Å². The van der Waals surface area contributed by atoms with Crippen molar-refractivity contribution in [2.45, 2.75) is 127 Å². The van der Waals surface area contributed by atoms with Gasteiger partial charge >= 0.3 is 0 Å². The van der Waals surface area contributed by atoms with Gasteiger partial charge in [-0.3, -0.25) is 52.7 Å². The van der Waals surface area contributed by atoms with Crippen LogP contribution in [0.5, 0.6) is 5.75 Å². The second-order valence-electron chi connectivity index (χ2n) is 18.0. The number of benzene rings is 1. The third kappa shape index (κ3) is 20.2. The fraction of sp³-hybridized carbons (Fsp3) is 0.622. The van der Waals surface area contributed by atoms with E-state index in [4.69, 9.17) is 17.2 Å². The van der Waals surface area contributed by atoms with E-state index >= 15 is 0 Å². The summed E-state index contributed by atoms with van der Waals surface area (Å²) in [6.07, 6.45) is -0.380. The highest BCUT2D eigenvalue weighted by Gasteiger charge is 2.40. The molecule has 396 valence electrons. The molecule has 0 spiro atoms. The molecule has 0 aliphatic carbocycles. The number of nitrogens with one attached hydrogen (secondary N) is 7. The Balaban J connectivity index is 2.39. The van der Waals surface area contributed by atoms with Gasteiger partial charge in [-0.15, -0.1) is 0 Å². The molecule has 9 atom stereocenters. The summed E-state index contributed by atoms with van der Waals surface area (Å²) in [6.45, 7) is 6.67. The van der Waals surface area contributed by atoms with Crippen LogP contribution in [0.15, 0.2) is 24.3 Å². The Bertz CT molecular complexity index is 2060. The quantitative estimate of drug-likeness (QED) is 0.0347. The first kappa shape index (κ1) is 61.0. The van der Waals surface area contributed by atoms with Crippen molar-refractivity contribution in [3.8, 4) is 5.75 Å². The average Bonchev–Trinajstić information content (AvgIpc) is 3.82. The third-order valence-electron chi connectivity index (χ3n) is 11.6. The molecule has 1 aliphatic heterocycles. The Labute approximate surface area is 424 Å². The highest BCUT2D eigenvalue weighted by molar-refractivity contribution is 7.80. The third-order valence-corrected chi connectivity index (χ3v) is 12.3. The molecule has 1 heterocycles. The first-order valence-electron chi connectivity index (χ1n) is 23.3. The maximum atomic E-state index is 14.2. The number of carbonyl (C=O) groups is 11. The number of phenolic OH excluding ortho intramolecular Hbond substituents is 1. The largest absolute Gasteiger partial charge is 0.508 e. The van der Waals surface area contributed by atoms with Crippen molar-refractivity contribution in [3.05, 3.63) is 29.8 Å². The van der Waals surface area contributed by atoms with Gasteiger partial charge in [-0.05, 0) is 55.2 Å². The van der Waals surface area contributed by atoms with Gasteiger partial charge in [0.05, 0.1) is 19.0 Å². The zero-order valence-electron chi connectivity index (χ0n) is 41.0. The van der Waals surface area contributed by atoms with E-state index in [1.807, 2.05) is 13.8 Å². The Morgan fingerprint density at radius 1 is 0.732 bits per heavy atom. The lowest BCUT2D eigenvalue weighted by molar-refractivity contribution is -0.142. The summed E-state index contributed by atoms with van der Waals surface area (Å²) >= 11 is 8.32. The maximum Gasteiger partial charge on any atom is 0.246 e. The number of thiol groups is 2. The van der Waals surface area contributed by atoms with Gasteiger partial charge in [-0.2, -0.15) is 25.3 Å². The van der Waals surface area contributed by atoms with Gasteiger partial charge in [0.1, 0.15) is 48.0 Å². The Kier molecular flexibility index (Phi) is 25.7. The molecule has 71 heavy (non-hydrogen) atoms. The lowest BCUT2D eigenvalue weighted by Gasteiger charge is -2.31. The minimum Gasteiger partial charge on any atom is -0.508 e. The minimum absolute atomic E-state index is 0.0369. The van der Waals surface area contributed by atoms with E-state index in [1.54, 1.807) is 13.8 Å². The van der Waals surface area contributed by atoms with Crippen LogP contribution < -0.4 is 54.4 Å². The van der Waals surface area contributed by atoms with Gasteiger partial charge in [0.2, 0.25) is 65.0 Å². The summed E-state index contributed by atoms with van der Waals surface area (Å²) < 4.78 is 0. The van der Waals surface area contributed by atoms with Crippen LogP contribution in [0.1, 0.15) is 78.2 Å². The topological polar surface area (TPSA) is 377 Å². The van der Waals surface area contributed by atoms with E-state index < -0.39 is 132 Å². The molecule has 0 radical (unpaired) electrons. The molecule has 0 saturated carbocycles. The summed E-state index contributed by atoms with van der Waals surface area (Å²) in [5.74, 6) is -9.85. The zero-order chi connectivity index (χ0) is 53.7. The number of primary amides is 2. The van der Waals surface area contributed by atoms with Crippen LogP contribution in [0.2, 0.25) is 0 Å². The van der Waals surface area contributed by atoms with Crippen molar-refractivity contribution in [1.29, 1.82) is 0 Å². The number of phenols is 1. The lowest BCUT2D eigenvalue weighted by atomic mass is 9.96. The van der Waals surface area contributed by atoms with Crippen LogP contribution in [0, 0.1) is 11.8 Å². The number of amides is 11. The highest BCUT2D eigenvalue weighted by Crippen LogP contribution is 2.20. The molecule has 0 aromatic heterocycles.